The third kappa shape index (κ3) is 3.33. The molecule has 4 nitrogen and oxygen atoms in total. The molecular weight excluding hydrogens is 276 g/mol. The molecule has 0 radical (unpaired) electrons. The van der Waals surface area contributed by atoms with E-state index in [0.717, 1.165) is 19.4 Å². The molecule has 2 saturated heterocycles. The van der Waals surface area contributed by atoms with Gasteiger partial charge >= 0.3 is 0 Å². The van der Waals surface area contributed by atoms with Gasteiger partial charge in [0.25, 0.3) is 0 Å². The minimum absolute atomic E-state index is 0.0510. The molecule has 2 unspecified atom stereocenters. The number of amides is 1. The minimum Gasteiger partial charge on any atom is -0.374 e. The van der Waals surface area contributed by atoms with Crippen LogP contribution >= 0.6 is 0 Å². The molecule has 2 heterocycles. The fraction of sp³-hybridized carbons (Fsp3) is 0.611. The van der Waals surface area contributed by atoms with Crippen molar-refractivity contribution in [2.45, 2.75) is 44.9 Å². The summed E-state index contributed by atoms with van der Waals surface area (Å²) in [5, 5.41) is 3.43. The van der Waals surface area contributed by atoms with Gasteiger partial charge in [-0.15, -0.1) is 0 Å². The molecule has 1 aromatic carbocycles. The second-order valence-corrected chi connectivity index (χ2v) is 6.64. The van der Waals surface area contributed by atoms with Crippen LogP contribution < -0.4 is 5.32 Å². The van der Waals surface area contributed by atoms with Gasteiger partial charge in [0.15, 0.2) is 0 Å². The molecule has 22 heavy (non-hydrogen) atoms. The Morgan fingerprint density at radius 2 is 2.05 bits per heavy atom. The van der Waals surface area contributed by atoms with Gasteiger partial charge in [0.2, 0.25) is 5.91 Å². The fourth-order valence-electron chi connectivity index (χ4n) is 3.59. The van der Waals surface area contributed by atoms with Crippen LogP contribution in [0, 0.1) is 5.92 Å². The lowest BCUT2D eigenvalue weighted by Gasteiger charge is -2.41. The highest BCUT2D eigenvalue weighted by molar-refractivity contribution is 5.79. The van der Waals surface area contributed by atoms with Gasteiger partial charge in [-0.05, 0) is 38.8 Å². The standard InChI is InChI=1S/C18H26N2O2/c1-13-10-16(8-9-19-13)18(21)20-11-14(2)22-12-17(20)15-6-4-3-5-7-15/h3-7,13-14,16-17,19H,8-12H2,1-2H3/t13-,14?,16-,17?/m0/s1. The molecule has 0 aromatic heterocycles. The second-order valence-electron chi connectivity index (χ2n) is 6.64. The number of nitrogens with one attached hydrogen (secondary N) is 1. The number of hydrogen-bond acceptors (Lipinski definition) is 3. The van der Waals surface area contributed by atoms with Crippen molar-refractivity contribution in [3.05, 3.63) is 35.9 Å². The lowest BCUT2D eigenvalue weighted by atomic mass is 9.90. The monoisotopic (exact) mass is 302 g/mol. The molecule has 0 bridgehead atoms. The topological polar surface area (TPSA) is 41.6 Å². The number of rotatable bonds is 2. The fourth-order valence-corrected chi connectivity index (χ4v) is 3.59. The molecule has 0 aliphatic carbocycles. The summed E-state index contributed by atoms with van der Waals surface area (Å²) in [5.74, 6) is 0.449. The van der Waals surface area contributed by atoms with Crippen molar-refractivity contribution < 1.29 is 9.53 Å². The number of carbonyl (C=O) groups excluding carboxylic acids is 1. The van der Waals surface area contributed by atoms with Crippen LogP contribution in [0.1, 0.15) is 38.3 Å². The van der Waals surface area contributed by atoms with Gasteiger partial charge in [0.05, 0.1) is 18.8 Å². The molecule has 2 aliphatic rings. The van der Waals surface area contributed by atoms with E-state index in [9.17, 15) is 4.79 Å². The zero-order valence-electron chi connectivity index (χ0n) is 13.5. The van der Waals surface area contributed by atoms with Crippen molar-refractivity contribution in [2.24, 2.45) is 5.92 Å². The van der Waals surface area contributed by atoms with E-state index in [4.69, 9.17) is 4.74 Å². The van der Waals surface area contributed by atoms with Crippen LogP contribution in [0.3, 0.4) is 0 Å². The normalized spacial score (nSPS) is 32.7. The maximum absolute atomic E-state index is 13.1. The minimum atomic E-state index is 0.0510. The molecule has 120 valence electrons. The molecule has 2 aliphatic heterocycles. The van der Waals surface area contributed by atoms with Crippen LogP contribution in [0.5, 0.6) is 0 Å². The van der Waals surface area contributed by atoms with E-state index in [1.165, 1.54) is 5.56 Å². The summed E-state index contributed by atoms with van der Waals surface area (Å²) in [5.41, 5.74) is 1.17. The Kier molecular flexibility index (Phi) is 4.79. The zero-order chi connectivity index (χ0) is 15.5. The molecule has 1 N–H and O–H groups in total. The summed E-state index contributed by atoms with van der Waals surface area (Å²) in [6, 6.07) is 10.7. The molecular formula is C18H26N2O2. The second kappa shape index (κ2) is 6.80. The van der Waals surface area contributed by atoms with Crippen LogP contribution in [-0.2, 0) is 9.53 Å². The quantitative estimate of drug-likeness (QED) is 0.912. The van der Waals surface area contributed by atoms with Crippen molar-refractivity contribution in [3.8, 4) is 0 Å². The summed E-state index contributed by atoms with van der Waals surface area (Å²) in [7, 11) is 0. The molecule has 4 heteroatoms. The molecule has 1 aromatic rings. The molecule has 4 atom stereocenters. The smallest absolute Gasteiger partial charge is 0.226 e. The van der Waals surface area contributed by atoms with E-state index in [1.807, 2.05) is 25.1 Å². The Labute approximate surface area is 132 Å². The first-order valence-corrected chi connectivity index (χ1v) is 8.35. The van der Waals surface area contributed by atoms with Gasteiger partial charge in [-0.2, -0.15) is 0 Å². The van der Waals surface area contributed by atoms with Crippen molar-refractivity contribution >= 4 is 5.91 Å². The Balaban J connectivity index is 1.79. The van der Waals surface area contributed by atoms with Gasteiger partial charge in [-0.1, -0.05) is 30.3 Å². The van der Waals surface area contributed by atoms with Gasteiger partial charge in [0, 0.05) is 18.5 Å². The first kappa shape index (κ1) is 15.5. The van der Waals surface area contributed by atoms with Crippen LogP contribution in [0.25, 0.3) is 0 Å². The molecule has 0 spiro atoms. The Hall–Kier alpha value is -1.39. The SMILES string of the molecule is CC1CN(C(=O)[C@H]2CCN[C@@H](C)C2)C(c2ccccc2)CO1. The third-order valence-corrected chi connectivity index (χ3v) is 4.81. The maximum Gasteiger partial charge on any atom is 0.226 e. The van der Waals surface area contributed by atoms with Crippen LogP contribution in [0.2, 0.25) is 0 Å². The summed E-state index contributed by atoms with van der Waals surface area (Å²) in [4.78, 5) is 15.1. The van der Waals surface area contributed by atoms with E-state index < -0.39 is 0 Å². The summed E-state index contributed by atoms with van der Waals surface area (Å²) >= 11 is 0. The van der Waals surface area contributed by atoms with E-state index >= 15 is 0 Å². The number of piperidine rings is 1. The van der Waals surface area contributed by atoms with Crippen molar-refractivity contribution in [1.82, 2.24) is 10.2 Å². The predicted molar refractivity (Wildman–Crippen MR) is 86.5 cm³/mol. The zero-order valence-corrected chi connectivity index (χ0v) is 13.5. The van der Waals surface area contributed by atoms with Crippen molar-refractivity contribution in [2.75, 3.05) is 19.7 Å². The van der Waals surface area contributed by atoms with E-state index in [1.54, 1.807) is 0 Å². The van der Waals surface area contributed by atoms with Gasteiger partial charge < -0.3 is 15.0 Å². The van der Waals surface area contributed by atoms with Crippen molar-refractivity contribution in [3.63, 3.8) is 0 Å². The van der Waals surface area contributed by atoms with Crippen molar-refractivity contribution in [1.29, 1.82) is 0 Å². The van der Waals surface area contributed by atoms with E-state index in [-0.39, 0.29) is 18.1 Å². The van der Waals surface area contributed by atoms with Crippen LogP contribution in [0.4, 0.5) is 0 Å². The first-order chi connectivity index (χ1) is 10.6. The molecule has 3 rings (SSSR count). The number of carbonyl (C=O) groups is 1. The molecule has 1 amide bonds. The number of nitrogens with zero attached hydrogens (tertiary/aromatic N) is 1. The summed E-state index contributed by atoms with van der Waals surface area (Å²) in [6.45, 7) is 6.43. The largest absolute Gasteiger partial charge is 0.374 e. The molecule has 2 fully saturated rings. The highest BCUT2D eigenvalue weighted by atomic mass is 16.5. The number of ether oxygens (including phenoxy) is 1. The lowest BCUT2D eigenvalue weighted by molar-refractivity contribution is -0.150. The Bertz CT molecular complexity index is 505. The molecule has 0 saturated carbocycles. The highest BCUT2D eigenvalue weighted by Crippen LogP contribution is 2.30. The predicted octanol–water partition coefficient (Wildman–Crippen LogP) is 2.36. The average Bonchev–Trinajstić information content (AvgIpc) is 2.55. The third-order valence-electron chi connectivity index (χ3n) is 4.81. The lowest BCUT2D eigenvalue weighted by Crippen LogP contribution is -2.51. The number of benzene rings is 1. The maximum atomic E-state index is 13.1. The highest BCUT2D eigenvalue weighted by Gasteiger charge is 2.36. The van der Waals surface area contributed by atoms with Gasteiger partial charge in [-0.25, -0.2) is 0 Å². The first-order valence-electron chi connectivity index (χ1n) is 8.35. The van der Waals surface area contributed by atoms with E-state index in [2.05, 4.69) is 29.3 Å². The van der Waals surface area contributed by atoms with Gasteiger partial charge in [0.1, 0.15) is 0 Å². The average molecular weight is 302 g/mol. The Morgan fingerprint density at radius 1 is 1.27 bits per heavy atom. The van der Waals surface area contributed by atoms with E-state index in [0.29, 0.717) is 25.1 Å². The number of hydrogen-bond donors (Lipinski definition) is 1. The van der Waals surface area contributed by atoms with Crippen LogP contribution in [-0.4, -0.2) is 42.6 Å². The van der Waals surface area contributed by atoms with Crippen LogP contribution in [0.15, 0.2) is 30.3 Å². The summed E-state index contributed by atoms with van der Waals surface area (Å²) in [6.07, 6.45) is 1.99. The van der Waals surface area contributed by atoms with Gasteiger partial charge in [-0.3, -0.25) is 4.79 Å². The summed E-state index contributed by atoms with van der Waals surface area (Å²) < 4.78 is 5.83. The number of morpholine rings is 1. The Morgan fingerprint density at radius 3 is 2.77 bits per heavy atom.